The molecule has 2 aromatic carbocycles. The standard InChI is InChI=1S/C19H23NO4S/c1-13-6-9-17(10-7-13)25(23,24)20(4)18(19(21)22)12-16-11-14(2)5-8-15(16)3/h5-11,18H,12H2,1-4H3,(H,21,22). The third kappa shape index (κ3) is 4.27. The molecule has 0 radical (unpaired) electrons. The molecule has 25 heavy (non-hydrogen) atoms. The minimum atomic E-state index is -3.89. The highest BCUT2D eigenvalue weighted by molar-refractivity contribution is 7.89. The second-order valence-electron chi connectivity index (χ2n) is 6.32. The fraction of sp³-hybridized carbons (Fsp3) is 0.316. The zero-order valence-electron chi connectivity index (χ0n) is 14.9. The number of carbonyl (C=O) groups is 1. The molecule has 0 amide bonds. The van der Waals surface area contributed by atoms with Crippen LogP contribution in [-0.2, 0) is 21.2 Å². The summed E-state index contributed by atoms with van der Waals surface area (Å²) in [5, 5.41) is 9.61. The number of sulfonamides is 1. The molecular formula is C19H23NO4S. The molecule has 0 saturated heterocycles. The van der Waals surface area contributed by atoms with Gasteiger partial charge < -0.3 is 5.11 Å². The molecule has 0 aromatic heterocycles. The summed E-state index contributed by atoms with van der Waals surface area (Å²) in [7, 11) is -2.57. The Labute approximate surface area is 149 Å². The van der Waals surface area contributed by atoms with E-state index in [4.69, 9.17) is 0 Å². The van der Waals surface area contributed by atoms with Gasteiger partial charge in [0.2, 0.25) is 10.0 Å². The van der Waals surface area contributed by atoms with E-state index in [0.717, 1.165) is 26.6 Å². The van der Waals surface area contributed by atoms with E-state index >= 15 is 0 Å². The molecule has 5 nitrogen and oxygen atoms in total. The maximum absolute atomic E-state index is 12.8. The van der Waals surface area contributed by atoms with Crippen molar-refractivity contribution in [3.8, 4) is 0 Å². The first-order chi connectivity index (χ1) is 11.6. The number of likely N-dealkylation sites (N-methyl/N-ethyl adjacent to an activating group) is 1. The number of rotatable bonds is 6. The quantitative estimate of drug-likeness (QED) is 0.858. The highest BCUT2D eigenvalue weighted by atomic mass is 32.2. The van der Waals surface area contributed by atoms with E-state index in [2.05, 4.69) is 0 Å². The molecule has 0 spiro atoms. The van der Waals surface area contributed by atoms with E-state index < -0.39 is 22.0 Å². The summed E-state index contributed by atoms with van der Waals surface area (Å²) in [5.41, 5.74) is 3.72. The van der Waals surface area contributed by atoms with Gasteiger partial charge in [0.15, 0.2) is 0 Å². The lowest BCUT2D eigenvalue weighted by Crippen LogP contribution is -2.43. The monoisotopic (exact) mass is 361 g/mol. The molecule has 0 aliphatic heterocycles. The molecule has 6 heteroatoms. The SMILES string of the molecule is Cc1ccc(S(=O)(=O)N(C)C(Cc2cc(C)ccc2C)C(=O)O)cc1. The minimum Gasteiger partial charge on any atom is -0.480 e. The van der Waals surface area contributed by atoms with Crippen molar-refractivity contribution >= 4 is 16.0 Å². The summed E-state index contributed by atoms with van der Waals surface area (Å²) < 4.78 is 26.5. The van der Waals surface area contributed by atoms with E-state index in [1.54, 1.807) is 12.1 Å². The molecular weight excluding hydrogens is 338 g/mol. The van der Waals surface area contributed by atoms with Crippen molar-refractivity contribution in [1.29, 1.82) is 0 Å². The summed E-state index contributed by atoms with van der Waals surface area (Å²) in [5.74, 6) is -1.17. The highest BCUT2D eigenvalue weighted by Gasteiger charge is 2.33. The molecule has 1 unspecified atom stereocenters. The third-order valence-electron chi connectivity index (χ3n) is 4.34. The second-order valence-corrected chi connectivity index (χ2v) is 8.32. The first kappa shape index (κ1) is 19.1. The van der Waals surface area contributed by atoms with Gasteiger partial charge in [-0.1, -0.05) is 41.5 Å². The molecule has 1 atom stereocenters. The van der Waals surface area contributed by atoms with Gasteiger partial charge in [0.1, 0.15) is 6.04 Å². The van der Waals surface area contributed by atoms with Gasteiger partial charge in [0, 0.05) is 7.05 Å². The lowest BCUT2D eigenvalue weighted by molar-refractivity contribution is -0.141. The Kier molecular flexibility index (Phi) is 5.65. The van der Waals surface area contributed by atoms with Crippen molar-refractivity contribution in [3.05, 3.63) is 64.7 Å². The van der Waals surface area contributed by atoms with Crippen LogP contribution in [0.3, 0.4) is 0 Å². The van der Waals surface area contributed by atoms with Crippen LogP contribution in [-0.4, -0.2) is 36.9 Å². The predicted molar refractivity (Wildman–Crippen MR) is 97.2 cm³/mol. The normalized spacial score (nSPS) is 13.0. The number of hydrogen-bond acceptors (Lipinski definition) is 3. The van der Waals surface area contributed by atoms with Crippen LogP contribution >= 0.6 is 0 Å². The molecule has 2 rings (SSSR count). The first-order valence-corrected chi connectivity index (χ1v) is 9.40. The average molecular weight is 361 g/mol. The summed E-state index contributed by atoms with van der Waals surface area (Å²) in [6, 6.07) is 11.0. The molecule has 0 saturated carbocycles. The Morgan fingerprint density at radius 1 is 1.04 bits per heavy atom. The maximum Gasteiger partial charge on any atom is 0.322 e. The van der Waals surface area contributed by atoms with Crippen molar-refractivity contribution in [3.63, 3.8) is 0 Å². The number of benzene rings is 2. The second kappa shape index (κ2) is 7.37. The fourth-order valence-electron chi connectivity index (χ4n) is 2.64. The first-order valence-electron chi connectivity index (χ1n) is 7.96. The van der Waals surface area contributed by atoms with Gasteiger partial charge in [0.25, 0.3) is 0 Å². The molecule has 2 aromatic rings. The summed E-state index contributed by atoms with van der Waals surface area (Å²) >= 11 is 0. The largest absolute Gasteiger partial charge is 0.480 e. The Morgan fingerprint density at radius 2 is 1.60 bits per heavy atom. The summed E-state index contributed by atoms with van der Waals surface area (Å²) in [6.07, 6.45) is 0.116. The van der Waals surface area contributed by atoms with E-state index in [-0.39, 0.29) is 11.3 Å². The van der Waals surface area contributed by atoms with Gasteiger partial charge in [-0.2, -0.15) is 4.31 Å². The Balaban J connectivity index is 2.37. The smallest absolute Gasteiger partial charge is 0.322 e. The average Bonchev–Trinajstić information content (AvgIpc) is 2.55. The molecule has 0 aliphatic rings. The Morgan fingerprint density at radius 3 is 2.16 bits per heavy atom. The zero-order valence-corrected chi connectivity index (χ0v) is 15.7. The number of nitrogens with zero attached hydrogens (tertiary/aromatic N) is 1. The number of carboxylic acids is 1. The number of aryl methyl sites for hydroxylation is 3. The van der Waals surface area contributed by atoms with Crippen molar-refractivity contribution < 1.29 is 18.3 Å². The predicted octanol–water partition coefficient (Wildman–Crippen LogP) is 2.93. The summed E-state index contributed by atoms with van der Waals surface area (Å²) in [4.78, 5) is 11.9. The third-order valence-corrected chi connectivity index (χ3v) is 6.22. The van der Waals surface area contributed by atoms with Gasteiger partial charge in [-0.3, -0.25) is 4.79 Å². The minimum absolute atomic E-state index is 0.0906. The molecule has 1 N–H and O–H groups in total. The van der Waals surface area contributed by atoms with Gasteiger partial charge in [0.05, 0.1) is 4.90 Å². The van der Waals surface area contributed by atoms with E-state index in [1.807, 2.05) is 39.0 Å². The summed E-state index contributed by atoms with van der Waals surface area (Å²) in [6.45, 7) is 5.67. The molecule has 0 fully saturated rings. The van der Waals surface area contributed by atoms with E-state index in [0.29, 0.717) is 0 Å². The topological polar surface area (TPSA) is 74.7 Å². The van der Waals surface area contributed by atoms with Crippen molar-refractivity contribution in [2.24, 2.45) is 0 Å². The molecule has 0 heterocycles. The van der Waals surface area contributed by atoms with Gasteiger partial charge in [-0.05, 0) is 50.5 Å². The van der Waals surface area contributed by atoms with Crippen LogP contribution in [0.4, 0.5) is 0 Å². The van der Waals surface area contributed by atoms with Crippen LogP contribution in [0.25, 0.3) is 0 Å². The van der Waals surface area contributed by atoms with Crippen LogP contribution in [0, 0.1) is 20.8 Å². The highest BCUT2D eigenvalue weighted by Crippen LogP contribution is 2.21. The van der Waals surface area contributed by atoms with Crippen molar-refractivity contribution in [2.45, 2.75) is 38.1 Å². The van der Waals surface area contributed by atoms with Crippen molar-refractivity contribution in [2.75, 3.05) is 7.05 Å². The molecule has 134 valence electrons. The lowest BCUT2D eigenvalue weighted by atomic mass is 9.99. The molecule has 0 bridgehead atoms. The van der Waals surface area contributed by atoms with Gasteiger partial charge in [-0.25, -0.2) is 8.42 Å². The van der Waals surface area contributed by atoms with E-state index in [1.165, 1.54) is 19.2 Å². The van der Waals surface area contributed by atoms with Crippen LogP contribution in [0.5, 0.6) is 0 Å². The zero-order chi connectivity index (χ0) is 18.8. The number of aliphatic carboxylic acids is 1. The van der Waals surface area contributed by atoms with Crippen LogP contribution in [0.15, 0.2) is 47.4 Å². The van der Waals surface area contributed by atoms with Crippen LogP contribution in [0.2, 0.25) is 0 Å². The maximum atomic E-state index is 12.8. The molecule has 0 aliphatic carbocycles. The van der Waals surface area contributed by atoms with Crippen LogP contribution in [0.1, 0.15) is 22.3 Å². The van der Waals surface area contributed by atoms with Crippen LogP contribution < -0.4 is 0 Å². The lowest BCUT2D eigenvalue weighted by Gasteiger charge is -2.25. The number of hydrogen-bond donors (Lipinski definition) is 1. The Bertz CT molecular complexity index is 873. The number of carboxylic acid groups (broad SMARTS) is 1. The van der Waals surface area contributed by atoms with Gasteiger partial charge in [-0.15, -0.1) is 0 Å². The van der Waals surface area contributed by atoms with Gasteiger partial charge >= 0.3 is 5.97 Å². The fourth-order valence-corrected chi connectivity index (χ4v) is 3.96. The Hall–Kier alpha value is -2.18. The van der Waals surface area contributed by atoms with Crippen molar-refractivity contribution in [1.82, 2.24) is 4.31 Å². The van der Waals surface area contributed by atoms with E-state index in [9.17, 15) is 18.3 Å².